The molecule has 0 aliphatic carbocycles. The number of likely N-dealkylation sites (tertiary alicyclic amines) is 2. The molecule has 1 unspecified atom stereocenters. The average molecular weight is 359 g/mol. The van der Waals surface area contributed by atoms with Crippen LogP contribution in [0.15, 0.2) is 24.3 Å². The monoisotopic (exact) mass is 359 g/mol. The minimum Gasteiger partial charge on any atom is -0.395 e. The van der Waals surface area contributed by atoms with Gasteiger partial charge in [-0.2, -0.15) is 0 Å². The molecule has 1 atom stereocenters. The molecule has 2 aliphatic rings. The first-order valence-electron chi connectivity index (χ1n) is 9.40. The molecule has 3 rings (SSSR count). The van der Waals surface area contributed by atoms with E-state index in [-0.39, 0.29) is 23.8 Å². The SMILES string of the molecule is CN(C)c1ccccc1C(=O)N1CCCC2(CCC(=O)N(CCO)C2)C1. The lowest BCUT2D eigenvalue weighted by Crippen LogP contribution is -2.55. The third kappa shape index (κ3) is 3.70. The molecule has 26 heavy (non-hydrogen) atoms. The van der Waals surface area contributed by atoms with Gasteiger partial charge >= 0.3 is 0 Å². The molecule has 2 heterocycles. The number of aliphatic hydroxyl groups is 1. The van der Waals surface area contributed by atoms with E-state index < -0.39 is 0 Å². The molecule has 0 saturated carbocycles. The minimum absolute atomic E-state index is 0.0132. The molecule has 6 heteroatoms. The van der Waals surface area contributed by atoms with Crippen LogP contribution >= 0.6 is 0 Å². The van der Waals surface area contributed by atoms with Gasteiger partial charge in [-0.1, -0.05) is 12.1 Å². The third-order valence-electron chi connectivity index (χ3n) is 5.68. The molecule has 1 spiro atoms. The summed E-state index contributed by atoms with van der Waals surface area (Å²) in [5.74, 6) is 0.185. The van der Waals surface area contributed by atoms with Gasteiger partial charge in [0.1, 0.15) is 0 Å². The fourth-order valence-electron chi connectivity index (χ4n) is 4.36. The zero-order valence-corrected chi connectivity index (χ0v) is 15.8. The van der Waals surface area contributed by atoms with Crippen LogP contribution in [0.5, 0.6) is 0 Å². The standard InChI is InChI=1S/C20H29N3O3/c1-21(2)17-7-4-3-6-16(17)19(26)23-11-5-9-20(15-23)10-8-18(25)22(14-20)12-13-24/h3-4,6-7,24H,5,8-15H2,1-2H3. The van der Waals surface area contributed by atoms with Gasteiger partial charge in [0.2, 0.25) is 5.91 Å². The summed E-state index contributed by atoms with van der Waals surface area (Å²) in [4.78, 5) is 31.0. The Morgan fingerprint density at radius 3 is 2.73 bits per heavy atom. The van der Waals surface area contributed by atoms with Crippen molar-refractivity contribution in [2.75, 3.05) is 51.8 Å². The number of rotatable bonds is 4. The predicted molar refractivity (Wildman–Crippen MR) is 101 cm³/mol. The number of carbonyl (C=O) groups excluding carboxylic acids is 2. The van der Waals surface area contributed by atoms with Crippen LogP contribution in [0.25, 0.3) is 0 Å². The number of aliphatic hydroxyl groups excluding tert-OH is 1. The van der Waals surface area contributed by atoms with Gasteiger partial charge in [-0.3, -0.25) is 9.59 Å². The van der Waals surface area contributed by atoms with E-state index >= 15 is 0 Å². The Kier molecular flexibility index (Phi) is 5.51. The number of nitrogens with zero attached hydrogens (tertiary/aromatic N) is 3. The third-order valence-corrected chi connectivity index (χ3v) is 5.68. The number of para-hydroxylation sites is 1. The van der Waals surface area contributed by atoms with Crippen LogP contribution < -0.4 is 4.90 Å². The van der Waals surface area contributed by atoms with Gasteiger partial charge < -0.3 is 19.8 Å². The maximum Gasteiger partial charge on any atom is 0.255 e. The Balaban J connectivity index is 1.78. The summed E-state index contributed by atoms with van der Waals surface area (Å²) in [5.41, 5.74) is 1.62. The number of piperidine rings is 2. The van der Waals surface area contributed by atoms with Crippen LogP contribution in [0.4, 0.5) is 5.69 Å². The summed E-state index contributed by atoms with van der Waals surface area (Å²) in [6.07, 6.45) is 3.32. The topological polar surface area (TPSA) is 64.1 Å². The van der Waals surface area contributed by atoms with Crippen LogP contribution in [-0.4, -0.2) is 73.6 Å². The van der Waals surface area contributed by atoms with Crippen LogP contribution in [0, 0.1) is 5.41 Å². The quantitative estimate of drug-likeness (QED) is 0.887. The second-order valence-corrected chi connectivity index (χ2v) is 7.78. The fourth-order valence-corrected chi connectivity index (χ4v) is 4.36. The van der Waals surface area contributed by atoms with E-state index in [0.29, 0.717) is 26.1 Å². The Hall–Kier alpha value is -2.08. The average Bonchev–Trinajstić information content (AvgIpc) is 2.64. The smallest absolute Gasteiger partial charge is 0.255 e. The fraction of sp³-hybridized carbons (Fsp3) is 0.600. The Bertz CT molecular complexity index is 676. The maximum absolute atomic E-state index is 13.2. The van der Waals surface area contributed by atoms with Crippen LogP contribution in [-0.2, 0) is 4.79 Å². The molecular weight excluding hydrogens is 330 g/mol. The molecule has 2 amide bonds. The van der Waals surface area contributed by atoms with Crippen molar-refractivity contribution in [2.24, 2.45) is 5.41 Å². The second-order valence-electron chi connectivity index (χ2n) is 7.78. The van der Waals surface area contributed by atoms with E-state index in [4.69, 9.17) is 0 Å². The zero-order chi connectivity index (χ0) is 18.7. The lowest BCUT2D eigenvalue weighted by atomic mass is 9.73. The van der Waals surface area contributed by atoms with Gasteiger partial charge in [0.05, 0.1) is 12.2 Å². The molecule has 1 aromatic carbocycles. The predicted octanol–water partition coefficient (Wildman–Crippen LogP) is 1.59. The summed E-state index contributed by atoms with van der Waals surface area (Å²) < 4.78 is 0. The van der Waals surface area contributed by atoms with E-state index in [1.54, 1.807) is 4.90 Å². The number of benzene rings is 1. The van der Waals surface area contributed by atoms with Crippen LogP contribution in [0.1, 0.15) is 36.0 Å². The van der Waals surface area contributed by atoms with E-state index in [0.717, 1.165) is 37.1 Å². The molecule has 0 radical (unpaired) electrons. The molecule has 142 valence electrons. The normalized spacial score (nSPS) is 23.4. The second kappa shape index (κ2) is 7.66. The van der Waals surface area contributed by atoms with Crippen molar-refractivity contribution in [1.82, 2.24) is 9.80 Å². The van der Waals surface area contributed by atoms with Gasteiger partial charge in [-0.25, -0.2) is 0 Å². The van der Waals surface area contributed by atoms with Crippen molar-refractivity contribution in [2.45, 2.75) is 25.7 Å². The highest BCUT2D eigenvalue weighted by molar-refractivity contribution is 5.99. The summed E-state index contributed by atoms with van der Waals surface area (Å²) in [6, 6.07) is 7.71. The van der Waals surface area contributed by atoms with Crippen LogP contribution in [0.3, 0.4) is 0 Å². The summed E-state index contributed by atoms with van der Waals surface area (Å²) >= 11 is 0. The molecule has 1 aromatic rings. The van der Waals surface area contributed by atoms with E-state index in [1.165, 1.54) is 0 Å². The maximum atomic E-state index is 13.2. The largest absolute Gasteiger partial charge is 0.395 e. The number of carbonyl (C=O) groups is 2. The van der Waals surface area contributed by atoms with Crippen LogP contribution in [0.2, 0.25) is 0 Å². The van der Waals surface area contributed by atoms with Crippen molar-refractivity contribution in [3.05, 3.63) is 29.8 Å². The number of hydrogen-bond donors (Lipinski definition) is 1. The number of anilines is 1. The first-order chi connectivity index (χ1) is 12.5. The van der Waals surface area contributed by atoms with Crippen molar-refractivity contribution < 1.29 is 14.7 Å². The highest BCUT2D eigenvalue weighted by Crippen LogP contribution is 2.39. The van der Waals surface area contributed by atoms with Gasteiger partial charge in [0, 0.05) is 57.8 Å². The van der Waals surface area contributed by atoms with E-state index in [9.17, 15) is 14.7 Å². The lowest BCUT2D eigenvalue weighted by molar-refractivity contribution is -0.139. The Morgan fingerprint density at radius 1 is 1.23 bits per heavy atom. The Morgan fingerprint density at radius 2 is 2.00 bits per heavy atom. The van der Waals surface area contributed by atoms with Gasteiger partial charge in [0.15, 0.2) is 0 Å². The molecule has 1 N–H and O–H groups in total. The van der Waals surface area contributed by atoms with Gasteiger partial charge in [0.25, 0.3) is 5.91 Å². The molecule has 2 aliphatic heterocycles. The zero-order valence-electron chi connectivity index (χ0n) is 15.8. The molecule has 0 aromatic heterocycles. The van der Waals surface area contributed by atoms with E-state index in [1.807, 2.05) is 48.2 Å². The van der Waals surface area contributed by atoms with Crippen molar-refractivity contribution in [3.8, 4) is 0 Å². The Labute approximate surface area is 155 Å². The van der Waals surface area contributed by atoms with Crippen molar-refractivity contribution in [1.29, 1.82) is 0 Å². The highest BCUT2D eigenvalue weighted by Gasteiger charge is 2.42. The first kappa shape index (κ1) is 18.7. The number of amides is 2. The number of hydrogen-bond acceptors (Lipinski definition) is 4. The highest BCUT2D eigenvalue weighted by atomic mass is 16.3. The molecule has 2 saturated heterocycles. The number of β-amino-alcohol motifs (C(OH)–C–C–N with tert-alkyl or cyclic N) is 1. The van der Waals surface area contributed by atoms with Crippen molar-refractivity contribution >= 4 is 17.5 Å². The summed E-state index contributed by atoms with van der Waals surface area (Å²) in [6.45, 7) is 2.46. The van der Waals surface area contributed by atoms with E-state index in [2.05, 4.69) is 0 Å². The summed E-state index contributed by atoms with van der Waals surface area (Å²) in [5, 5.41) is 9.23. The first-order valence-corrected chi connectivity index (χ1v) is 9.40. The summed E-state index contributed by atoms with van der Waals surface area (Å²) in [7, 11) is 3.90. The van der Waals surface area contributed by atoms with Gasteiger partial charge in [-0.05, 0) is 31.4 Å². The molecule has 0 bridgehead atoms. The lowest BCUT2D eigenvalue weighted by Gasteiger charge is -2.48. The minimum atomic E-state index is -0.0376. The van der Waals surface area contributed by atoms with Crippen molar-refractivity contribution in [3.63, 3.8) is 0 Å². The molecule has 2 fully saturated rings. The molecular formula is C20H29N3O3. The molecule has 6 nitrogen and oxygen atoms in total. The van der Waals surface area contributed by atoms with Gasteiger partial charge in [-0.15, -0.1) is 0 Å².